The fraction of sp³-hybridized carbons (Fsp3) is 0.556. The molecule has 7 heteroatoms. The van der Waals surface area contributed by atoms with Gasteiger partial charge in [0.15, 0.2) is 0 Å². The van der Waals surface area contributed by atoms with E-state index in [2.05, 4.69) is 4.98 Å². The van der Waals surface area contributed by atoms with Crippen LogP contribution in [0, 0.1) is 10.5 Å². The molecule has 5 nitrogen and oxygen atoms in total. The molecule has 0 unspecified atom stereocenters. The fourth-order valence-electron chi connectivity index (χ4n) is 1.20. The number of hydrogen-bond donors (Lipinski definition) is 0. The number of sulfone groups is 1. The molecule has 0 fully saturated rings. The minimum Gasteiger partial charge on any atom is -0.298 e. The third-order valence-electron chi connectivity index (χ3n) is 2.07. The molecular weight excluding hydrogens is 343 g/mol. The Morgan fingerprint density at radius 3 is 2.69 bits per heavy atom. The topological polar surface area (TPSA) is 69.0 Å². The Bertz CT molecular complexity index is 536. The third kappa shape index (κ3) is 3.85. The molecule has 16 heavy (non-hydrogen) atoms. The van der Waals surface area contributed by atoms with Crippen molar-refractivity contribution in [3.05, 3.63) is 25.9 Å². The first-order valence-corrected chi connectivity index (χ1v) is 7.84. The van der Waals surface area contributed by atoms with Crippen molar-refractivity contribution in [2.24, 2.45) is 0 Å². The van der Waals surface area contributed by atoms with Crippen LogP contribution in [0.4, 0.5) is 0 Å². The average molecular weight is 356 g/mol. The van der Waals surface area contributed by atoms with Gasteiger partial charge in [0.25, 0.3) is 5.56 Å². The number of aromatic nitrogens is 2. The highest BCUT2D eigenvalue weighted by molar-refractivity contribution is 14.1. The molecule has 0 aromatic carbocycles. The molecular formula is C9H13IN2O3S. The standard InChI is InChI=1S/C9H13IN2O3S/c1-7-8(10)9(13)12(6-11-7)4-3-5-16(2,14)15/h6H,3-5H2,1-2H3. The lowest BCUT2D eigenvalue weighted by atomic mass is 10.4. The Balaban J connectivity index is 2.77. The minimum absolute atomic E-state index is 0.0872. The SMILES string of the molecule is Cc1ncn(CCCS(C)(=O)=O)c(=O)c1I. The number of nitrogens with zero attached hydrogens (tertiary/aromatic N) is 2. The maximum absolute atomic E-state index is 11.7. The summed E-state index contributed by atoms with van der Waals surface area (Å²) in [5.41, 5.74) is 0.589. The van der Waals surface area contributed by atoms with E-state index in [4.69, 9.17) is 0 Å². The summed E-state index contributed by atoms with van der Waals surface area (Å²) in [4.78, 5) is 15.8. The van der Waals surface area contributed by atoms with Crippen LogP contribution in [-0.4, -0.2) is 30.0 Å². The van der Waals surface area contributed by atoms with Gasteiger partial charge in [-0.3, -0.25) is 9.36 Å². The van der Waals surface area contributed by atoms with Crippen molar-refractivity contribution in [2.75, 3.05) is 12.0 Å². The monoisotopic (exact) mass is 356 g/mol. The van der Waals surface area contributed by atoms with E-state index < -0.39 is 9.84 Å². The van der Waals surface area contributed by atoms with E-state index in [1.807, 2.05) is 22.6 Å². The summed E-state index contributed by atoms with van der Waals surface area (Å²) in [5.74, 6) is 0.0872. The van der Waals surface area contributed by atoms with Crippen molar-refractivity contribution in [1.29, 1.82) is 0 Å². The van der Waals surface area contributed by atoms with Crippen molar-refractivity contribution < 1.29 is 8.42 Å². The van der Waals surface area contributed by atoms with Crippen molar-refractivity contribution in [1.82, 2.24) is 9.55 Å². The van der Waals surface area contributed by atoms with Crippen LogP contribution < -0.4 is 5.56 Å². The summed E-state index contributed by atoms with van der Waals surface area (Å²) in [7, 11) is -2.96. The summed E-state index contributed by atoms with van der Waals surface area (Å²) >= 11 is 1.95. The molecule has 0 saturated heterocycles. The molecule has 0 amide bonds. The molecule has 0 aliphatic rings. The summed E-state index contributed by atoms with van der Waals surface area (Å²) < 4.78 is 23.9. The zero-order chi connectivity index (χ0) is 12.3. The van der Waals surface area contributed by atoms with Gasteiger partial charge in [-0.05, 0) is 35.9 Å². The van der Waals surface area contributed by atoms with Crippen LogP contribution in [0.3, 0.4) is 0 Å². The van der Waals surface area contributed by atoms with Gasteiger partial charge in [0, 0.05) is 12.8 Å². The van der Waals surface area contributed by atoms with Crippen LogP contribution in [-0.2, 0) is 16.4 Å². The van der Waals surface area contributed by atoms with Crippen LogP contribution in [0.25, 0.3) is 0 Å². The molecule has 0 spiro atoms. The highest BCUT2D eigenvalue weighted by Gasteiger charge is 2.06. The number of halogens is 1. The van der Waals surface area contributed by atoms with Crippen molar-refractivity contribution in [3.63, 3.8) is 0 Å². The Morgan fingerprint density at radius 1 is 1.50 bits per heavy atom. The van der Waals surface area contributed by atoms with Crippen molar-refractivity contribution in [3.8, 4) is 0 Å². The largest absolute Gasteiger partial charge is 0.298 e. The maximum Gasteiger partial charge on any atom is 0.266 e. The van der Waals surface area contributed by atoms with Crippen LogP contribution in [0.2, 0.25) is 0 Å². The Labute approximate surface area is 108 Å². The van der Waals surface area contributed by atoms with E-state index in [0.717, 1.165) is 0 Å². The predicted molar refractivity (Wildman–Crippen MR) is 70.3 cm³/mol. The second kappa shape index (κ2) is 5.26. The van der Waals surface area contributed by atoms with Gasteiger partial charge < -0.3 is 0 Å². The van der Waals surface area contributed by atoms with E-state index >= 15 is 0 Å². The molecule has 1 aromatic rings. The molecule has 1 heterocycles. The van der Waals surface area contributed by atoms with Gasteiger partial charge in [-0.1, -0.05) is 0 Å². The average Bonchev–Trinajstić information content (AvgIpc) is 2.16. The van der Waals surface area contributed by atoms with E-state index in [1.54, 1.807) is 6.92 Å². The van der Waals surface area contributed by atoms with Gasteiger partial charge in [-0.25, -0.2) is 13.4 Å². The smallest absolute Gasteiger partial charge is 0.266 e. The van der Waals surface area contributed by atoms with Crippen molar-refractivity contribution >= 4 is 32.4 Å². The fourth-order valence-corrected chi connectivity index (χ4v) is 2.31. The lowest BCUT2D eigenvalue weighted by Gasteiger charge is -2.06. The van der Waals surface area contributed by atoms with Crippen molar-refractivity contribution in [2.45, 2.75) is 19.9 Å². The molecule has 0 aliphatic heterocycles. The quantitative estimate of drug-likeness (QED) is 0.741. The molecule has 0 aliphatic carbocycles. The zero-order valence-electron chi connectivity index (χ0n) is 9.10. The second-order valence-electron chi connectivity index (χ2n) is 3.63. The summed E-state index contributed by atoms with van der Waals surface area (Å²) in [6.45, 7) is 2.15. The maximum atomic E-state index is 11.7. The van der Waals surface area contributed by atoms with Gasteiger partial charge >= 0.3 is 0 Å². The number of rotatable bonds is 4. The summed E-state index contributed by atoms with van der Waals surface area (Å²) in [6, 6.07) is 0. The molecule has 0 bridgehead atoms. The molecule has 0 atom stereocenters. The molecule has 90 valence electrons. The van der Waals surface area contributed by atoms with Gasteiger partial charge in [0.05, 0.1) is 21.3 Å². The second-order valence-corrected chi connectivity index (χ2v) is 6.96. The molecule has 0 radical (unpaired) electrons. The lowest BCUT2D eigenvalue weighted by molar-refractivity contribution is 0.586. The summed E-state index contributed by atoms with van der Waals surface area (Å²) in [6.07, 6.45) is 3.08. The molecule has 1 rings (SSSR count). The summed E-state index contributed by atoms with van der Waals surface area (Å²) in [5, 5.41) is 0. The highest BCUT2D eigenvalue weighted by Crippen LogP contribution is 2.01. The van der Waals surface area contributed by atoms with Crippen LogP contribution >= 0.6 is 22.6 Å². The normalized spacial score (nSPS) is 11.7. The molecule has 1 aromatic heterocycles. The van der Waals surface area contributed by atoms with Crippen LogP contribution in [0.15, 0.2) is 11.1 Å². The highest BCUT2D eigenvalue weighted by atomic mass is 127. The predicted octanol–water partition coefficient (Wildman–Crippen LogP) is 0.591. The Hall–Kier alpha value is -0.440. The number of aryl methyl sites for hydroxylation is 2. The van der Waals surface area contributed by atoms with Gasteiger partial charge in [0.2, 0.25) is 0 Å². The zero-order valence-corrected chi connectivity index (χ0v) is 12.1. The Morgan fingerprint density at radius 2 is 2.12 bits per heavy atom. The van der Waals surface area contributed by atoms with Gasteiger partial charge in [0.1, 0.15) is 9.84 Å². The minimum atomic E-state index is -2.96. The molecule has 0 saturated carbocycles. The first-order valence-electron chi connectivity index (χ1n) is 4.70. The van der Waals surface area contributed by atoms with E-state index in [0.29, 0.717) is 22.2 Å². The first-order chi connectivity index (χ1) is 7.31. The lowest BCUT2D eigenvalue weighted by Crippen LogP contribution is -2.25. The first kappa shape index (κ1) is 13.6. The van der Waals surface area contributed by atoms with E-state index in [9.17, 15) is 13.2 Å². The third-order valence-corrected chi connectivity index (χ3v) is 4.34. The van der Waals surface area contributed by atoms with Crippen LogP contribution in [0.1, 0.15) is 12.1 Å². The van der Waals surface area contributed by atoms with E-state index in [-0.39, 0.29) is 11.3 Å². The van der Waals surface area contributed by atoms with Gasteiger partial charge in [-0.2, -0.15) is 0 Å². The Kier molecular flexibility index (Phi) is 4.48. The number of hydrogen-bond acceptors (Lipinski definition) is 4. The van der Waals surface area contributed by atoms with E-state index in [1.165, 1.54) is 17.2 Å². The molecule has 0 N–H and O–H groups in total. The van der Waals surface area contributed by atoms with Crippen LogP contribution in [0.5, 0.6) is 0 Å². The van der Waals surface area contributed by atoms with Gasteiger partial charge in [-0.15, -0.1) is 0 Å².